The lowest BCUT2D eigenvalue weighted by atomic mass is 10.1. The van der Waals surface area contributed by atoms with Crippen LogP contribution < -0.4 is 5.32 Å². The molecular formula is C19H20ClN3O4. The Morgan fingerprint density at radius 1 is 1.15 bits per heavy atom. The molecule has 2 aromatic rings. The van der Waals surface area contributed by atoms with Gasteiger partial charge in [-0.25, -0.2) is 0 Å². The second kappa shape index (κ2) is 9.14. The predicted molar refractivity (Wildman–Crippen MR) is 102 cm³/mol. The minimum atomic E-state index is -0.762. The molecule has 0 aliphatic heterocycles. The van der Waals surface area contributed by atoms with Gasteiger partial charge in [-0.1, -0.05) is 48.0 Å². The predicted octanol–water partition coefficient (Wildman–Crippen LogP) is 2.95. The number of halogens is 1. The van der Waals surface area contributed by atoms with Crippen molar-refractivity contribution in [1.82, 2.24) is 10.2 Å². The van der Waals surface area contributed by atoms with E-state index >= 15 is 0 Å². The van der Waals surface area contributed by atoms with Crippen molar-refractivity contribution >= 4 is 29.1 Å². The van der Waals surface area contributed by atoms with E-state index in [9.17, 15) is 19.7 Å². The summed E-state index contributed by atoms with van der Waals surface area (Å²) in [6.07, 6.45) is -0.192. The molecule has 2 rings (SSSR count). The molecule has 7 nitrogen and oxygen atoms in total. The molecule has 0 radical (unpaired) electrons. The second-order valence-corrected chi connectivity index (χ2v) is 6.37. The van der Waals surface area contributed by atoms with E-state index in [0.717, 1.165) is 0 Å². The fourth-order valence-electron chi connectivity index (χ4n) is 2.70. The summed E-state index contributed by atoms with van der Waals surface area (Å²) in [7, 11) is 1.49. The van der Waals surface area contributed by atoms with Crippen LogP contribution in [0.2, 0.25) is 5.02 Å². The zero-order chi connectivity index (χ0) is 20.0. The zero-order valence-corrected chi connectivity index (χ0v) is 15.8. The number of nitrogens with one attached hydrogen (secondary N) is 1. The van der Waals surface area contributed by atoms with Crippen LogP contribution >= 0.6 is 11.6 Å². The Kier molecular flexibility index (Phi) is 6.90. The fraction of sp³-hybridized carbons (Fsp3) is 0.263. The Balaban J connectivity index is 2.32. The number of carbonyl (C=O) groups is 2. The molecule has 0 aliphatic carbocycles. The molecule has 0 aromatic heterocycles. The fourth-order valence-corrected chi connectivity index (χ4v) is 2.90. The number of para-hydroxylation sites is 1. The Labute approximate surface area is 162 Å². The molecule has 0 aliphatic rings. The third-order valence-electron chi connectivity index (χ3n) is 4.24. The zero-order valence-electron chi connectivity index (χ0n) is 15.0. The average molecular weight is 390 g/mol. The van der Waals surface area contributed by atoms with Gasteiger partial charge in [0.15, 0.2) is 0 Å². The number of hydrogen-bond donors (Lipinski definition) is 1. The van der Waals surface area contributed by atoms with Crippen LogP contribution in [-0.2, 0) is 22.6 Å². The number of amides is 2. The Bertz CT molecular complexity index is 856. The smallest absolute Gasteiger partial charge is 0.273 e. The number of nitrogens with zero attached hydrogens (tertiary/aromatic N) is 2. The lowest BCUT2D eigenvalue weighted by Crippen LogP contribution is -2.47. The maximum Gasteiger partial charge on any atom is 0.273 e. The van der Waals surface area contributed by atoms with Crippen LogP contribution in [0.5, 0.6) is 0 Å². The van der Waals surface area contributed by atoms with Crippen molar-refractivity contribution in [3.05, 3.63) is 74.8 Å². The summed E-state index contributed by atoms with van der Waals surface area (Å²) in [4.78, 5) is 37.1. The molecule has 27 heavy (non-hydrogen) atoms. The monoisotopic (exact) mass is 389 g/mol. The molecule has 0 saturated heterocycles. The van der Waals surface area contributed by atoms with E-state index in [0.29, 0.717) is 16.1 Å². The summed E-state index contributed by atoms with van der Waals surface area (Å²) in [6, 6.07) is 12.3. The van der Waals surface area contributed by atoms with Crippen LogP contribution in [-0.4, -0.2) is 34.7 Å². The topological polar surface area (TPSA) is 92.6 Å². The first kappa shape index (κ1) is 20.4. The molecule has 142 valence electrons. The lowest BCUT2D eigenvalue weighted by Gasteiger charge is -2.28. The highest BCUT2D eigenvalue weighted by Gasteiger charge is 2.27. The highest BCUT2D eigenvalue weighted by molar-refractivity contribution is 6.31. The number of nitro benzene ring substituents is 1. The van der Waals surface area contributed by atoms with Gasteiger partial charge in [0.1, 0.15) is 6.04 Å². The summed E-state index contributed by atoms with van der Waals surface area (Å²) >= 11 is 6.19. The van der Waals surface area contributed by atoms with Gasteiger partial charge in [-0.05, 0) is 18.6 Å². The van der Waals surface area contributed by atoms with Gasteiger partial charge in [-0.15, -0.1) is 0 Å². The normalized spacial score (nSPS) is 11.5. The van der Waals surface area contributed by atoms with E-state index in [4.69, 9.17) is 11.6 Å². The van der Waals surface area contributed by atoms with Gasteiger partial charge in [0.2, 0.25) is 11.8 Å². The van der Waals surface area contributed by atoms with Crippen molar-refractivity contribution in [2.24, 2.45) is 0 Å². The summed E-state index contributed by atoms with van der Waals surface area (Å²) < 4.78 is 0. The van der Waals surface area contributed by atoms with Crippen molar-refractivity contribution < 1.29 is 14.5 Å². The Morgan fingerprint density at radius 2 is 1.74 bits per heavy atom. The number of hydrogen-bond acceptors (Lipinski definition) is 4. The summed E-state index contributed by atoms with van der Waals surface area (Å²) in [5, 5.41) is 14.2. The largest absolute Gasteiger partial charge is 0.357 e. The van der Waals surface area contributed by atoms with E-state index < -0.39 is 16.9 Å². The Hall–Kier alpha value is -2.93. The number of rotatable bonds is 7. The molecule has 1 N–H and O–H groups in total. The van der Waals surface area contributed by atoms with Crippen LogP contribution in [0.15, 0.2) is 48.5 Å². The van der Waals surface area contributed by atoms with Crippen molar-refractivity contribution in [3.8, 4) is 0 Å². The van der Waals surface area contributed by atoms with E-state index in [1.807, 2.05) is 0 Å². The van der Waals surface area contributed by atoms with E-state index in [-0.39, 0.29) is 24.6 Å². The van der Waals surface area contributed by atoms with Gasteiger partial charge in [-0.2, -0.15) is 0 Å². The first-order valence-corrected chi connectivity index (χ1v) is 8.69. The van der Waals surface area contributed by atoms with Gasteiger partial charge in [0.25, 0.3) is 5.69 Å². The lowest BCUT2D eigenvalue weighted by molar-refractivity contribution is -0.385. The maximum atomic E-state index is 12.9. The van der Waals surface area contributed by atoms with Crippen molar-refractivity contribution in [3.63, 3.8) is 0 Å². The van der Waals surface area contributed by atoms with Crippen LogP contribution in [0.4, 0.5) is 5.69 Å². The minimum absolute atomic E-state index is 0.119. The molecule has 0 spiro atoms. The highest BCUT2D eigenvalue weighted by Crippen LogP contribution is 2.22. The van der Waals surface area contributed by atoms with E-state index in [1.165, 1.54) is 24.1 Å². The average Bonchev–Trinajstić information content (AvgIpc) is 2.66. The van der Waals surface area contributed by atoms with Gasteiger partial charge in [0, 0.05) is 30.2 Å². The summed E-state index contributed by atoms with van der Waals surface area (Å²) in [6.45, 7) is 1.72. The van der Waals surface area contributed by atoms with E-state index in [2.05, 4.69) is 5.32 Å². The number of carbonyl (C=O) groups excluding carboxylic acids is 2. The maximum absolute atomic E-state index is 12.9. The number of likely N-dealkylation sites (N-methyl/N-ethyl adjacent to an activating group) is 1. The van der Waals surface area contributed by atoms with Crippen LogP contribution in [0, 0.1) is 10.1 Å². The molecular weight excluding hydrogens is 370 g/mol. The second-order valence-electron chi connectivity index (χ2n) is 5.97. The van der Waals surface area contributed by atoms with Gasteiger partial charge < -0.3 is 10.2 Å². The van der Waals surface area contributed by atoms with Crippen LogP contribution in [0.25, 0.3) is 0 Å². The summed E-state index contributed by atoms with van der Waals surface area (Å²) in [5.74, 6) is -0.738. The van der Waals surface area contributed by atoms with Gasteiger partial charge >= 0.3 is 0 Å². The molecule has 1 atom stereocenters. The first-order chi connectivity index (χ1) is 12.8. The molecule has 1 unspecified atom stereocenters. The third-order valence-corrected chi connectivity index (χ3v) is 4.61. The molecule has 8 heteroatoms. The van der Waals surface area contributed by atoms with Crippen LogP contribution in [0.1, 0.15) is 18.1 Å². The quantitative estimate of drug-likeness (QED) is 0.582. The molecule has 0 saturated carbocycles. The molecule has 2 amide bonds. The highest BCUT2D eigenvalue weighted by atomic mass is 35.5. The van der Waals surface area contributed by atoms with Crippen molar-refractivity contribution in [1.29, 1.82) is 0 Å². The van der Waals surface area contributed by atoms with Crippen LogP contribution in [0.3, 0.4) is 0 Å². The molecule has 0 heterocycles. The SMILES string of the molecule is CNC(=O)C(C)N(Cc1ccccc1Cl)C(=O)Cc1ccccc1[N+](=O)[O-]. The molecule has 2 aromatic carbocycles. The number of benzene rings is 2. The third kappa shape index (κ3) is 5.04. The van der Waals surface area contributed by atoms with E-state index in [1.54, 1.807) is 43.3 Å². The standard InChI is InChI=1S/C19H20ClN3O4/c1-13(19(25)21-2)22(12-15-8-3-5-9-16(15)20)18(24)11-14-7-4-6-10-17(14)23(26)27/h3-10,13H,11-12H2,1-2H3,(H,21,25). The van der Waals surface area contributed by atoms with Crippen molar-refractivity contribution in [2.45, 2.75) is 25.9 Å². The van der Waals surface area contributed by atoms with Gasteiger partial charge in [-0.3, -0.25) is 19.7 Å². The first-order valence-electron chi connectivity index (χ1n) is 8.32. The molecule has 0 bridgehead atoms. The minimum Gasteiger partial charge on any atom is -0.357 e. The molecule has 0 fully saturated rings. The Morgan fingerprint density at radius 3 is 2.33 bits per heavy atom. The van der Waals surface area contributed by atoms with Gasteiger partial charge in [0.05, 0.1) is 11.3 Å². The number of nitro groups is 1. The summed E-state index contributed by atoms with van der Waals surface area (Å²) in [5.41, 5.74) is 0.850. The van der Waals surface area contributed by atoms with Crippen molar-refractivity contribution in [2.75, 3.05) is 7.05 Å².